The topological polar surface area (TPSA) is 85.2 Å². The molecule has 8 heteroatoms. The van der Waals surface area contributed by atoms with E-state index in [4.69, 9.17) is 0 Å². The lowest BCUT2D eigenvalue weighted by molar-refractivity contribution is 0.102. The lowest BCUT2D eigenvalue weighted by Crippen LogP contribution is -2.38. The summed E-state index contributed by atoms with van der Waals surface area (Å²) in [5.41, 5.74) is 2.65. The number of nitrogens with one attached hydrogen (secondary N) is 2. The van der Waals surface area contributed by atoms with Gasteiger partial charge in [0, 0.05) is 21.5 Å². The quantitative estimate of drug-likeness (QED) is 0.322. The smallest absolute Gasteiger partial charge is 0.319 e. The molecule has 0 saturated carbocycles. The van der Waals surface area contributed by atoms with Gasteiger partial charge in [0.1, 0.15) is 11.1 Å². The molecule has 1 aromatic heterocycles. The minimum Gasteiger partial charge on any atom is -0.319 e. The number of hydrogen-bond donors (Lipinski definition) is 2. The molecule has 6 nitrogen and oxygen atoms in total. The van der Waals surface area contributed by atoms with E-state index in [9.17, 15) is 14.9 Å². The number of hydrogen-bond acceptors (Lipinski definition) is 4. The average molecular weight is 531 g/mol. The van der Waals surface area contributed by atoms with Crippen LogP contribution in [0.3, 0.4) is 0 Å². The highest BCUT2D eigenvalue weighted by Crippen LogP contribution is 2.37. The molecule has 2 N–H and O–H groups in total. The monoisotopic (exact) mass is 530 g/mol. The fourth-order valence-electron chi connectivity index (χ4n) is 4.13. The van der Waals surface area contributed by atoms with E-state index in [0.29, 0.717) is 41.3 Å². The van der Waals surface area contributed by atoms with Crippen LogP contribution in [-0.4, -0.2) is 23.4 Å². The molecule has 0 fully saturated rings. The first-order chi connectivity index (χ1) is 16.5. The number of nitriles is 1. The number of carbonyl (C=O) groups excluding carboxylic acids is 2. The summed E-state index contributed by atoms with van der Waals surface area (Å²) in [6.45, 7) is 0.876. The highest BCUT2D eigenvalue weighted by molar-refractivity contribution is 9.10. The average Bonchev–Trinajstić information content (AvgIpc) is 3.21. The molecule has 4 aromatic rings. The number of para-hydroxylation sites is 1. The van der Waals surface area contributed by atoms with Gasteiger partial charge in [0.2, 0.25) is 0 Å². The molecular weight excluding hydrogens is 512 g/mol. The van der Waals surface area contributed by atoms with Crippen LogP contribution < -0.4 is 10.6 Å². The molecule has 0 saturated heterocycles. The summed E-state index contributed by atoms with van der Waals surface area (Å²) < 4.78 is 0.808. The van der Waals surface area contributed by atoms with Gasteiger partial charge >= 0.3 is 6.03 Å². The number of carbonyl (C=O) groups is 2. The number of halogens is 1. The van der Waals surface area contributed by atoms with Gasteiger partial charge in [-0.25, -0.2) is 4.79 Å². The molecule has 34 heavy (non-hydrogen) atoms. The fourth-order valence-corrected chi connectivity index (χ4v) is 5.73. The Morgan fingerprint density at radius 1 is 1.00 bits per heavy atom. The van der Waals surface area contributed by atoms with Crippen molar-refractivity contribution in [2.75, 3.05) is 17.2 Å². The maximum Gasteiger partial charge on any atom is 0.322 e. The molecule has 0 bridgehead atoms. The zero-order valence-corrected chi connectivity index (χ0v) is 20.4. The predicted molar refractivity (Wildman–Crippen MR) is 138 cm³/mol. The fraction of sp³-hybridized carbons (Fsp3) is 0.115. The molecule has 0 unspecified atom stereocenters. The van der Waals surface area contributed by atoms with Gasteiger partial charge in [-0.1, -0.05) is 48.5 Å². The van der Waals surface area contributed by atoms with E-state index in [1.54, 1.807) is 11.0 Å². The Labute approximate surface area is 208 Å². The number of urea groups is 1. The lowest BCUT2D eigenvalue weighted by atomic mass is 10.0. The zero-order chi connectivity index (χ0) is 23.7. The van der Waals surface area contributed by atoms with Gasteiger partial charge in [0.15, 0.2) is 0 Å². The SMILES string of the molecule is N#Cc1c(NC(=O)c2cccc3ccccc23)sc2c1CCN(C(=O)Nc1ccccc1Br)C2. The molecule has 3 aromatic carbocycles. The third kappa shape index (κ3) is 4.16. The van der Waals surface area contributed by atoms with E-state index < -0.39 is 0 Å². The molecule has 0 atom stereocenters. The summed E-state index contributed by atoms with van der Waals surface area (Å²) >= 11 is 4.81. The summed E-state index contributed by atoms with van der Waals surface area (Å²) in [6, 6.07) is 22.8. The predicted octanol–water partition coefficient (Wildman–Crippen LogP) is 6.38. The highest BCUT2D eigenvalue weighted by Gasteiger charge is 2.28. The Balaban J connectivity index is 1.37. The Bertz CT molecular complexity index is 1470. The normalized spacial score (nSPS) is 12.6. The summed E-state index contributed by atoms with van der Waals surface area (Å²) in [5, 5.41) is 18.1. The molecule has 5 rings (SSSR count). The number of rotatable bonds is 3. The van der Waals surface area contributed by atoms with Gasteiger partial charge in [0.05, 0.1) is 17.8 Å². The molecule has 0 spiro atoms. The maximum absolute atomic E-state index is 13.1. The first-order valence-electron chi connectivity index (χ1n) is 10.7. The molecule has 1 aliphatic rings. The van der Waals surface area contributed by atoms with Gasteiger partial charge in [-0.05, 0) is 56.9 Å². The number of nitrogens with zero attached hydrogens (tertiary/aromatic N) is 2. The minimum atomic E-state index is -0.254. The van der Waals surface area contributed by atoms with Crippen LogP contribution in [0.25, 0.3) is 10.8 Å². The van der Waals surface area contributed by atoms with Crippen LogP contribution in [0.2, 0.25) is 0 Å². The summed E-state index contributed by atoms with van der Waals surface area (Å²) in [4.78, 5) is 28.6. The van der Waals surface area contributed by atoms with Crippen molar-refractivity contribution >= 4 is 60.7 Å². The number of amides is 3. The maximum atomic E-state index is 13.1. The molecule has 168 valence electrons. The van der Waals surface area contributed by atoms with Crippen LogP contribution in [0.4, 0.5) is 15.5 Å². The molecule has 0 aliphatic carbocycles. The standard InChI is InChI=1S/C26H19BrN4O2S/c27-21-10-3-4-11-22(21)29-26(33)31-13-12-18-20(14-28)25(34-23(18)15-31)30-24(32)19-9-5-7-16-6-1-2-8-17(16)19/h1-11H,12-13,15H2,(H,29,33)(H,30,32). The first-order valence-corrected chi connectivity index (χ1v) is 12.3. The van der Waals surface area contributed by atoms with Gasteiger partial charge in [-0.15, -0.1) is 11.3 Å². The number of anilines is 2. The second-order valence-electron chi connectivity index (χ2n) is 7.88. The van der Waals surface area contributed by atoms with E-state index in [1.807, 2.05) is 60.7 Å². The van der Waals surface area contributed by atoms with Crippen molar-refractivity contribution in [1.82, 2.24) is 4.90 Å². The van der Waals surface area contributed by atoms with Crippen LogP contribution in [0.1, 0.15) is 26.4 Å². The van der Waals surface area contributed by atoms with Crippen molar-refractivity contribution in [3.8, 4) is 6.07 Å². The number of benzene rings is 3. The number of fused-ring (bicyclic) bond motifs is 2. The van der Waals surface area contributed by atoms with Crippen molar-refractivity contribution in [3.63, 3.8) is 0 Å². The summed E-state index contributed by atoms with van der Waals surface area (Å²) in [6.07, 6.45) is 0.558. The number of thiophene rings is 1. The van der Waals surface area contributed by atoms with E-state index in [1.165, 1.54) is 11.3 Å². The van der Waals surface area contributed by atoms with Crippen LogP contribution >= 0.6 is 27.3 Å². The minimum absolute atomic E-state index is 0.203. The van der Waals surface area contributed by atoms with Gasteiger partial charge in [-0.3, -0.25) is 4.79 Å². The summed E-state index contributed by atoms with van der Waals surface area (Å²) in [7, 11) is 0. The largest absolute Gasteiger partial charge is 0.322 e. The van der Waals surface area contributed by atoms with Crippen molar-refractivity contribution in [3.05, 3.63) is 92.8 Å². The first kappa shape index (κ1) is 22.1. The van der Waals surface area contributed by atoms with E-state index in [-0.39, 0.29) is 11.9 Å². The zero-order valence-electron chi connectivity index (χ0n) is 18.0. The van der Waals surface area contributed by atoms with Crippen LogP contribution in [0.5, 0.6) is 0 Å². The third-order valence-corrected chi connectivity index (χ3v) is 7.66. The van der Waals surface area contributed by atoms with Crippen LogP contribution in [-0.2, 0) is 13.0 Å². The third-order valence-electron chi connectivity index (χ3n) is 5.83. The van der Waals surface area contributed by atoms with Crippen molar-refractivity contribution in [2.45, 2.75) is 13.0 Å². The molecule has 3 amide bonds. The molecule has 1 aliphatic heterocycles. The van der Waals surface area contributed by atoms with E-state index >= 15 is 0 Å². The lowest BCUT2D eigenvalue weighted by Gasteiger charge is -2.27. The van der Waals surface area contributed by atoms with Gasteiger partial charge < -0.3 is 15.5 Å². The van der Waals surface area contributed by atoms with Gasteiger partial charge in [-0.2, -0.15) is 5.26 Å². The van der Waals surface area contributed by atoms with Gasteiger partial charge in [0.25, 0.3) is 5.91 Å². The van der Waals surface area contributed by atoms with E-state index in [0.717, 1.165) is 25.7 Å². The summed E-state index contributed by atoms with van der Waals surface area (Å²) in [5.74, 6) is -0.254. The Kier molecular flexibility index (Phi) is 6.05. The van der Waals surface area contributed by atoms with E-state index in [2.05, 4.69) is 32.6 Å². The van der Waals surface area contributed by atoms with Crippen molar-refractivity contribution < 1.29 is 9.59 Å². The van der Waals surface area contributed by atoms with Crippen LogP contribution in [0.15, 0.2) is 71.2 Å². The Morgan fingerprint density at radius 2 is 1.76 bits per heavy atom. The second kappa shape index (κ2) is 9.29. The van der Waals surface area contributed by atoms with Crippen molar-refractivity contribution in [1.29, 1.82) is 5.26 Å². The molecular formula is C26H19BrN4O2S. The molecule has 0 radical (unpaired) electrons. The Morgan fingerprint density at radius 3 is 2.59 bits per heavy atom. The molecule has 2 heterocycles. The Hall–Kier alpha value is -3.67. The second-order valence-corrected chi connectivity index (χ2v) is 9.84. The highest BCUT2D eigenvalue weighted by atomic mass is 79.9. The van der Waals surface area contributed by atoms with Crippen molar-refractivity contribution in [2.24, 2.45) is 0 Å². The van der Waals surface area contributed by atoms with Crippen LogP contribution in [0, 0.1) is 11.3 Å².